The first-order valence-corrected chi connectivity index (χ1v) is 10.5. The highest BCUT2D eigenvalue weighted by atomic mass is 16.5. The van der Waals surface area contributed by atoms with Crippen LogP contribution in [0, 0.1) is 11.3 Å². The summed E-state index contributed by atoms with van der Waals surface area (Å²) in [6.45, 7) is 4.62. The fourth-order valence-corrected chi connectivity index (χ4v) is 4.83. The van der Waals surface area contributed by atoms with E-state index in [1.807, 2.05) is 0 Å². The molecule has 2 N–H and O–H groups in total. The first-order valence-electron chi connectivity index (χ1n) is 10.5. The molecule has 5 nitrogen and oxygen atoms in total. The van der Waals surface area contributed by atoms with E-state index in [9.17, 15) is 0 Å². The van der Waals surface area contributed by atoms with Crippen molar-refractivity contribution in [1.82, 2.24) is 4.90 Å². The number of likely N-dealkylation sites (tertiary alicyclic amines) is 1. The monoisotopic (exact) mass is 389 g/mol. The Morgan fingerprint density at radius 1 is 1.10 bits per heavy atom. The molecule has 150 valence electrons. The topological polar surface area (TPSA) is 71.5 Å². The highest BCUT2D eigenvalue weighted by molar-refractivity contribution is 5.66. The summed E-state index contributed by atoms with van der Waals surface area (Å²) in [7, 11) is 0. The largest absolute Gasteiger partial charge is 0.378 e. The van der Waals surface area contributed by atoms with Gasteiger partial charge >= 0.3 is 0 Å². The van der Waals surface area contributed by atoms with Crippen molar-refractivity contribution in [2.24, 2.45) is 5.73 Å². The number of benzene rings is 2. The third kappa shape index (κ3) is 3.47. The van der Waals surface area contributed by atoms with Gasteiger partial charge < -0.3 is 15.2 Å². The van der Waals surface area contributed by atoms with Gasteiger partial charge in [0.25, 0.3) is 0 Å². The van der Waals surface area contributed by atoms with E-state index in [1.165, 1.54) is 22.3 Å². The molecular weight excluding hydrogens is 362 g/mol. The van der Waals surface area contributed by atoms with E-state index < -0.39 is 6.04 Å². The Hall–Kier alpha value is -2.23. The minimum absolute atomic E-state index is 0.133. The fourth-order valence-electron chi connectivity index (χ4n) is 4.83. The number of rotatable bonds is 4. The average Bonchev–Trinajstić information content (AvgIpc) is 3.06. The van der Waals surface area contributed by atoms with E-state index in [0.717, 1.165) is 44.7 Å². The molecule has 0 aromatic heterocycles. The molecule has 1 atom stereocenters. The number of nitriles is 1. The molecule has 0 radical (unpaired) electrons. The lowest BCUT2D eigenvalue weighted by molar-refractivity contribution is -0.119. The van der Waals surface area contributed by atoms with Gasteiger partial charge in [0.1, 0.15) is 0 Å². The lowest BCUT2D eigenvalue weighted by atomic mass is 9.82. The van der Waals surface area contributed by atoms with Gasteiger partial charge in [-0.2, -0.15) is 5.26 Å². The minimum Gasteiger partial charge on any atom is -0.378 e. The molecule has 2 fully saturated rings. The zero-order valence-electron chi connectivity index (χ0n) is 16.6. The van der Waals surface area contributed by atoms with Gasteiger partial charge in [0, 0.05) is 19.5 Å². The predicted molar refractivity (Wildman–Crippen MR) is 111 cm³/mol. The maximum absolute atomic E-state index is 8.91. The molecule has 3 heterocycles. The number of nitrogens with zero attached hydrogens (tertiary/aromatic N) is 2. The summed E-state index contributed by atoms with van der Waals surface area (Å²) in [5, 5.41) is 8.91. The number of hydrogen-bond acceptors (Lipinski definition) is 5. The molecule has 3 aliphatic heterocycles. The molecule has 2 aromatic rings. The normalized spacial score (nSPS) is 22.1. The summed E-state index contributed by atoms with van der Waals surface area (Å²) in [5.74, 6) is 0. The molecule has 0 aliphatic carbocycles. The van der Waals surface area contributed by atoms with Gasteiger partial charge in [0.15, 0.2) is 0 Å². The first kappa shape index (κ1) is 18.8. The van der Waals surface area contributed by atoms with E-state index in [-0.39, 0.29) is 5.60 Å². The van der Waals surface area contributed by atoms with E-state index in [0.29, 0.717) is 19.1 Å². The predicted octanol–water partition coefficient (Wildman–Crippen LogP) is 2.97. The second-order valence-electron chi connectivity index (χ2n) is 8.52. The molecule has 29 heavy (non-hydrogen) atoms. The van der Waals surface area contributed by atoms with Gasteiger partial charge in [-0.1, -0.05) is 36.4 Å². The minimum atomic E-state index is -0.449. The quantitative estimate of drug-likeness (QED) is 0.870. The van der Waals surface area contributed by atoms with Crippen molar-refractivity contribution < 1.29 is 9.47 Å². The van der Waals surface area contributed by atoms with Crippen molar-refractivity contribution >= 4 is 0 Å². The number of hydrogen-bond donors (Lipinski definition) is 1. The highest BCUT2D eigenvalue weighted by Crippen LogP contribution is 2.45. The summed E-state index contributed by atoms with van der Waals surface area (Å²) in [6.07, 6.45) is 2.68. The van der Waals surface area contributed by atoms with Crippen LogP contribution in [0.25, 0.3) is 11.1 Å². The Balaban J connectivity index is 1.36. The third-order valence-corrected chi connectivity index (χ3v) is 6.76. The van der Waals surface area contributed by atoms with E-state index >= 15 is 0 Å². The molecule has 5 heteroatoms. The van der Waals surface area contributed by atoms with Gasteiger partial charge in [-0.3, -0.25) is 4.90 Å². The molecule has 3 aliphatic rings. The molecule has 0 amide bonds. The summed E-state index contributed by atoms with van der Waals surface area (Å²) in [6, 6.07) is 17.4. The van der Waals surface area contributed by atoms with Crippen LogP contribution in [-0.2, 0) is 28.1 Å². The number of ether oxygens (including phenoxy) is 2. The van der Waals surface area contributed by atoms with Gasteiger partial charge in [0.05, 0.1) is 43.6 Å². The highest BCUT2D eigenvalue weighted by Gasteiger charge is 2.44. The van der Waals surface area contributed by atoms with Crippen molar-refractivity contribution in [3.05, 3.63) is 59.2 Å². The van der Waals surface area contributed by atoms with Crippen LogP contribution in [0.4, 0.5) is 0 Å². The standard InChI is InChI=1S/C24H27N3O2/c25-13-21(26)11-17-1-3-18(4-2-17)19-5-6-20-14-29-24(23(20)12-19)7-9-27(10-8-24)22-15-28-16-22/h1-6,12,21-22H,7-11,14-16,26H2/t21-/m0/s1. The van der Waals surface area contributed by atoms with Gasteiger partial charge in [0.2, 0.25) is 0 Å². The van der Waals surface area contributed by atoms with Crippen LogP contribution in [0.5, 0.6) is 0 Å². The van der Waals surface area contributed by atoms with Crippen molar-refractivity contribution in [3.63, 3.8) is 0 Å². The Morgan fingerprint density at radius 2 is 1.83 bits per heavy atom. The second kappa shape index (κ2) is 7.55. The maximum Gasteiger partial charge on any atom is 0.0968 e. The number of fused-ring (bicyclic) bond motifs is 2. The smallest absolute Gasteiger partial charge is 0.0968 e. The zero-order chi connectivity index (χ0) is 19.8. The van der Waals surface area contributed by atoms with E-state index in [4.69, 9.17) is 20.5 Å². The van der Waals surface area contributed by atoms with E-state index in [1.54, 1.807) is 0 Å². The van der Waals surface area contributed by atoms with Crippen molar-refractivity contribution in [2.45, 2.75) is 43.6 Å². The van der Waals surface area contributed by atoms with Crippen LogP contribution in [0.15, 0.2) is 42.5 Å². The van der Waals surface area contributed by atoms with Crippen molar-refractivity contribution in [3.8, 4) is 17.2 Å². The van der Waals surface area contributed by atoms with Crippen LogP contribution >= 0.6 is 0 Å². The van der Waals surface area contributed by atoms with Crippen molar-refractivity contribution in [1.29, 1.82) is 5.26 Å². The molecule has 0 bridgehead atoms. The van der Waals surface area contributed by atoms with Gasteiger partial charge in [-0.25, -0.2) is 0 Å². The lowest BCUT2D eigenvalue weighted by Gasteiger charge is -2.45. The molecule has 0 saturated carbocycles. The Morgan fingerprint density at radius 3 is 2.48 bits per heavy atom. The molecule has 2 saturated heterocycles. The molecule has 5 rings (SSSR count). The Labute approximate surface area is 172 Å². The van der Waals surface area contributed by atoms with Crippen molar-refractivity contribution in [2.75, 3.05) is 26.3 Å². The lowest BCUT2D eigenvalue weighted by Crippen LogP contribution is -2.54. The number of piperidine rings is 1. The zero-order valence-corrected chi connectivity index (χ0v) is 16.6. The van der Waals surface area contributed by atoms with Gasteiger partial charge in [-0.15, -0.1) is 0 Å². The second-order valence-corrected chi connectivity index (χ2v) is 8.52. The van der Waals surface area contributed by atoms with Crippen LogP contribution in [0.3, 0.4) is 0 Å². The average molecular weight is 389 g/mol. The Kier molecular flexibility index (Phi) is 4.89. The third-order valence-electron chi connectivity index (χ3n) is 6.76. The van der Waals surface area contributed by atoms with Crippen LogP contribution < -0.4 is 5.73 Å². The fraction of sp³-hybridized carbons (Fsp3) is 0.458. The SMILES string of the molecule is N#C[C@@H](N)Cc1ccc(-c2ccc3c(c2)C2(CCN(C4COC4)CC2)OC3)cc1. The molecule has 1 spiro atoms. The van der Waals surface area contributed by atoms with Gasteiger partial charge in [-0.05, 0) is 46.7 Å². The molecule has 2 aromatic carbocycles. The summed E-state index contributed by atoms with van der Waals surface area (Å²) >= 11 is 0. The van der Waals surface area contributed by atoms with Crippen LogP contribution in [-0.4, -0.2) is 43.3 Å². The summed E-state index contributed by atoms with van der Waals surface area (Å²) in [4.78, 5) is 2.56. The molecular formula is C24H27N3O2. The maximum atomic E-state index is 8.91. The van der Waals surface area contributed by atoms with Crippen LogP contribution in [0.2, 0.25) is 0 Å². The summed E-state index contributed by atoms with van der Waals surface area (Å²) < 4.78 is 11.8. The van der Waals surface area contributed by atoms with E-state index in [2.05, 4.69) is 53.4 Å². The number of nitrogens with two attached hydrogens (primary N) is 1. The van der Waals surface area contributed by atoms with Crippen LogP contribution in [0.1, 0.15) is 29.5 Å². The summed E-state index contributed by atoms with van der Waals surface area (Å²) in [5.41, 5.74) is 11.8. The Bertz CT molecular complexity index is 922. The first-order chi connectivity index (χ1) is 14.2. The molecule has 0 unspecified atom stereocenters.